The molecular formula is C14H10BrNO4. The summed E-state index contributed by atoms with van der Waals surface area (Å²) in [7, 11) is 1.46. The average molecular weight is 336 g/mol. The molecule has 2 aromatic heterocycles. The molecule has 5 nitrogen and oxygen atoms in total. The van der Waals surface area contributed by atoms with E-state index >= 15 is 0 Å². The SMILES string of the molecule is COc1cc(-n2ccc3oc(Br)cc3c2=O)ccc1O. The molecule has 0 bridgehead atoms. The van der Waals surface area contributed by atoms with Crippen LogP contribution in [0.3, 0.4) is 0 Å². The van der Waals surface area contributed by atoms with Crippen LogP contribution in [0.2, 0.25) is 0 Å². The van der Waals surface area contributed by atoms with Crippen LogP contribution in [-0.2, 0) is 0 Å². The summed E-state index contributed by atoms with van der Waals surface area (Å²) in [5, 5.41) is 10.1. The maximum absolute atomic E-state index is 12.4. The van der Waals surface area contributed by atoms with Crippen molar-refractivity contribution in [3.8, 4) is 17.2 Å². The van der Waals surface area contributed by atoms with Gasteiger partial charge in [0.15, 0.2) is 16.2 Å². The Morgan fingerprint density at radius 2 is 2.10 bits per heavy atom. The second kappa shape index (κ2) is 4.72. The number of hydrogen-bond donors (Lipinski definition) is 1. The van der Waals surface area contributed by atoms with Crippen LogP contribution in [0.25, 0.3) is 16.7 Å². The quantitative estimate of drug-likeness (QED) is 0.781. The molecular weight excluding hydrogens is 326 g/mol. The molecule has 0 aliphatic carbocycles. The highest BCUT2D eigenvalue weighted by atomic mass is 79.9. The van der Waals surface area contributed by atoms with Gasteiger partial charge in [-0.15, -0.1) is 0 Å². The van der Waals surface area contributed by atoms with Gasteiger partial charge < -0.3 is 14.3 Å². The number of methoxy groups -OCH3 is 1. The van der Waals surface area contributed by atoms with Crippen LogP contribution in [0, 0.1) is 0 Å². The van der Waals surface area contributed by atoms with E-state index in [4.69, 9.17) is 9.15 Å². The first kappa shape index (κ1) is 12.8. The van der Waals surface area contributed by atoms with Crippen molar-refractivity contribution in [3.63, 3.8) is 0 Å². The number of benzene rings is 1. The maximum atomic E-state index is 12.4. The lowest BCUT2D eigenvalue weighted by Gasteiger charge is -2.08. The number of ether oxygens (including phenoxy) is 1. The van der Waals surface area contributed by atoms with Crippen LogP contribution in [0.5, 0.6) is 11.5 Å². The van der Waals surface area contributed by atoms with Crippen molar-refractivity contribution >= 4 is 26.9 Å². The molecule has 0 unspecified atom stereocenters. The third-order valence-corrected chi connectivity index (χ3v) is 3.39. The number of aromatic nitrogens is 1. The topological polar surface area (TPSA) is 64.6 Å². The number of halogens is 1. The highest BCUT2D eigenvalue weighted by Crippen LogP contribution is 2.28. The first-order chi connectivity index (χ1) is 9.60. The zero-order chi connectivity index (χ0) is 14.3. The number of fused-ring (bicyclic) bond motifs is 1. The Labute approximate surface area is 122 Å². The number of rotatable bonds is 2. The minimum absolute atomic E-state index is 0.0245. The monoisotopic (exact) mass is 335 g/mol. The molecule has 2 heterocycles. The lowest BCUT2D eigenvalue weighted by atomic mass is 10.2. The molecule has 0 fully saturated rings. The number of nitrogens with zero attached hydrogens (tertiary/aromatic N) is 1. The van der Waals surface area contributed by atoms with Crippen LogP contribution >= 0.6 is 15.9 Å². The van der Waals surface area contributed by atoms with E-state index in [2.05, 4.69) is 15.9 Å². The van der Waals surface area contributed by atoms with E-state index in [0.29, 0.717) is 27.1 Å². The van der Waals surface area contributed by atoms with Gasteiger partial charge in [0.25, 0.3) is 5.56 Å². The molecule has 0 saturated carbocycles. The van der Waals surface area contributed by atoms with Crippen molar-refractivity contribution in [1.29, 1.82) is 0 Å². The van der Waals surface area contributed by atoms with Crippen LogP contribution in [0.1, 0.15) is 0 Å². The molecule has 0 spiro atoms. The summed E-state index contributed by atoms with van der Waals surface area (Å²) in [6.45, 7) is 0. The van der Waals surface area contributed by atoms with Gasteiger partial charge in [-0.1, -0.05) is 0 Å². The normalized spacial score (nSPS) is 10.9. The van der Waals surface area contributed by atoms with Gasteiger partial charge in [0.1, 0.15) is 5.58 Å². The Balaban J connectivity index is 2.24. The van der Waals surface area contributed by atoms with E-state index in [9.17, 15) is 9.90 Å². The fourth-order valence-electron chi connectivity index (χ4n) is 2.02. The van der Waals surface area contributed by atoms with E-state index in [1.807, 2.05) is 0 Å². The summed E-state index contributed by atoms with van der Waals surface area (Å²) >= 11 is 3.20. The predicted molar refractivity (Wildman–Crippen MR) is 77.7 cm³/mol. The molecule has 1 aromatic carbocycles. The van der Waals surface area contributed by atoms with Gasteiger partial charge in [0, 0.05) is 18.3 Å². The minimum Gasteiger partial charge on any atom is -0.504 e. The highest BCUT2D eigenvalue weighted by molar-refractivity contribution is 9.10. The fraction of sp³-hybridized carbons (Fsp3) is 0.0714. The summed E-state index contributed by atoms with van der Waals surface area (Å²) in [4.78, 5) is 12.4. The average Bonchev–Trinajstić information content (AvgIpc) is 2.82. The number of aromatic hydroxyl groups is 1. The lowest BCUT2D eigenvalue weighted by molar-refractivity contribution is 0.373. The molecule has 1 N–H and O–H groups in total. The van der Waals surface area contributed by atoms with E-state index in [-0.39, 0.29) is 11.3 Å². The number of furan rings is 1. The van der Waals surface area contributed by atoms with E-state index in [1.165, 1.54) is 17.7 Å². The number of hydrogen-bond acceptors (Lipinski definition) is 4. The largest absolute Gasteiger partial charge is 0.504 e. The summed E-state index contributed by atoms with van der Waals surface area (Å²) in [5.41, 5.74) is 0.914. The number of phenolic OH excluding ortho intramolecular Hbond substituents is 1. The zero-order valence-electron chi connectivity index (χ0n) is 10.5. The van der Waals surface area contributed by atoms with Gasteiger partial charge in [0.2, 0.25) is 0 Å². The second-order valence-corrected chi connectivity index (χ2v) is 4.96. The van der Waals surface area contributed by atoms with Crippen molar-refractivity contribution in [2.45, 2.75) is 0 Å². The number of pyridine rings is 1. The van der Waals surface area contributed by atoms with Crippen molar-refractivity contribution < 1.29 is 14.3 Å². The Hall–Kier alpha value is -2.21. The van der Waals surface area contributed by atoms with E-state index in [0.717, 1.165) is 0 Å². The standard InChI is InChI=1S/C14H10BrNO4/c1-19-12-6-8(2-3-10(12)17)16-5-4-11-9(14(16)18)7-13(15)20-11/h2-7,17H,1H3. The van der Waals surface area contributed by atoms with Crippen molar-refractivity contribution in [2.75, 3.05) is 7.11 Å². The molecule has 20 heavy (non-hydrogen) atoms. The molecule has 0 aliphatic rings. The lowest BCUT2D eigenvalue weighted by Crippen LogP contribution is -2.16. The third kappa shape index (κ3) is 1.98. The summed E-state index contributed by atoms with van der Waals surface area (Å²) in [6, 6.07) is 8.06. The van der Waals surface area contributed by atoms with Gasteiger partial charge in [0.05, 0.1) is 18.2 Å². The summed E-state index contributed by atoms with van der Waals surface area (Å²) in [5.74, 6) is 0.333. The molecule has 3 rings (SSSR count). The van der Waals surface area contributed by atoms with Gasteiger partial charge in [-0.25, -0.2) is 0 Å². The minimum atomic E-state index is -0.204. The molecule has 3 aromatic rings. The number of phenols is 1. The molecule has 0 amide bonds. The Morgan fingerprint density at radius 1 is 1.30 bits per heavy atom. The van der Waals surface area contributed by atoms with Crippen molar-refractivity contribution in [3.05, 3.63) is 51.6 Å². The van der Waals surface area contributed by atoms with Crippen molar-refractivity contribution in [1.82, 2.24) is 4.57 Å². The Bertz CT molecular complexity index is 850. The molecule has 0 saturated heterocycles. The summed E-state index contributed by atoms with van der Waals surface area (Å²) in [6.07, 6.45) is 1.62. The zero-order valence-corrected chi connectivity index (χ0v) is 12.0. The van der Waals surface area contributed by atoms with Crippen LogP contribution in [0.4, 0.5) is 0 Å². The maximum Gasteiger partial charge on any atom is 0.266 e. The van der Waals surface area contributed by atoms with Crippen molar-refractivity contribution in [2.24, 2.45) is 0 Å². The summed E-state index contributed by atoms with van der Waals surface area (Å²) < 4.78 is 12.4. The molecule has 6 heteroatoms. The molecule has 0 atom stereocenters. The first-order valence-corrected chi connectivity index (χ1v) is 6.57. The second-order valence-electron chi connectivity index (χ2n) is 4.18. The molecule has 0 radical (unpaired) electrons. The molecule has 0 aliphatic heterocycles. The van der Waals surface area contributed by atoms with Crippen LogP contribution in [0.15, 0.2) is 50.4 Å². The molecule has 102 valence electrons. The highest BCUT2D eigenvalue weighted by Gasteiger charge is 2.10. The van der Waals surface area contributed by atoms with Gasteiger partial charge >= 0.3 is 0 Å². The van der Waals surface area contributed by atoms with Gasteiger partial charge in [-0.2, -0.15) is 0 Å². The third-order valence-electron chi connectivity index (χ3n) is 3.00. The van der Waals surface area contributed by atoms with Gasteiger partial charge in [-0.05, 0) is 34.1 Å². The smallest absolute Gasteiger partial charge is 0.266 e. The Kier molecular flexibility index (Phi) is 3.02. The first-order valence-electron chi connectivity index (χ1n) is 5.78. The Morgan fingerprint density at radius 3 is 2.85 bits per heavy atom. The van der Waals surface area contributed by atoms with Gasteiger partial charge in [-0.3, -0.25) is 9.36 Å². The van der Waals surface area contributed by atoms with E-state index < -0.39 is 0 Å². The van der Waals surface area contributed by atoms with Crippen LogP contribution in [-0.4, -0.2) is 16.8 Å². The predicted octanol–water partition coefficient (Wildman–Crippen LogP) is 3.06. The fourth-order valence-corrected chi connectivity index (χ4v) is 2.43. The van der Waals surface area contributed by atoms with Crippen LogP contribution < -0.4 is 10.3 Å². The van der Waals surface area contributed by atoms with E-state index in [1.54, 1.807) is 30.5 Å².